The Balaban J connectivity index is 1.41. The maximum absolute atomic E-state index is 14.8. The number of halogens is 5. The zero-order chi connectivity index (χ0) is 26.6. The monoisotopic (exact) mass is 557 g/mol. The van der Waals surface area contributed by atoms with E-state index >= 15 is 0 Å². The van der Waals surface area contributed by atoms with Crippen LogP contribution in [0.3, 0.4) is 0 Å². The van der Waals surface area contributed by atoms with E-state index in [0.29, 0.717) is 0 Å². The van der Waals surface area contributed by atoms with E-state index in [9.17, 15) is 22.0 Å². The predicted octanol–water partition coefficient (Wildman–Crippen LogP) is 7.28. The number of benzene rings is 5. The van der Waals surface area contributed by atoms with Gasteiger partial charge < -0.3 is 4.90 Å². The van der Waals surface area contributed by atoms with Crippen molar-refractivity contribution in [3.05, 3.63) is 108 Å². The molecule has 0 N–H and O–H groups in total. The van der Waals surface area contributed by atoms with E-state index in [4.69, 9.17) is 0 Å². The Bertz CT molecular complexity index is 1790. The Morgan fingerprint density at radius 3 is 1.56 bits per heavy atom. The molecule has 9 heteroatoms. The molecule has 0 fully saturated rings. The molecule has 5 aromatic rings. The maximum atomic E-state index is 14.8. The molecular weight excluding hydrogens is 544 g/mol. The zero-order valence-electron chi connectivity index (χ0n) is 19.7. The lowest BCUT2D eigenvalue weighted by Crippen LogP contribution is -2.62. The van der Waals surface area contributed by atoms with Crippen LogP contribution < -0.4 is 21.3 Å². The van der Waals surface area contributed by atoms with Gasteiger partial charge in [-0.1, -0.05) is 53.9 Å². The molecule has 39 heavy (non-hydrogen) atoms. The van der Waals surface area contributed by atoms with Crippen LogP contribution in [0.25, 0.3) is 11.1 Å². The summed E-state index contributed by atoms with van der Waals surface area (Å²) in [6.45, 7) is -0.125. The standard InChI is InChI=1S/C30H13BF5NS2/c32-26-22(27(33)29(35)30(36)28(26)34)14-12-20-25-21(13-14)39-19-11-5-9-17-24(19)31(25)23-16(8-4-10-18(23)38-20)37(17)15-6-2-1-3-7-15/h1-13H. The van der Waals surface area contributed by atoms with E-state index in [-0.39, 0.29) is 12.3 Å². The van der Waals surface area contributed by atoms with E-state index < -0.39 is 34.6 Å². The largest absolute Gasteiger partial charge is 0.311 e. The highest BCUT2D eigenvalue weighted by atomic mass is 32.2. The van der Waals surface area contributed by atoms with Crippen LogP contribution >= 0.6 is 23.5 Å². The van der Waals surface area contributed by atoms with Gasteiger partial charge in [0.1, 0.15) is 0 Å². The minimum Gasteiger partial charge on any atom is -0.311 e. The molecule has 0 bridgehead atoms. The normalized spacial score (nSPS) is 14.0. The molecular formula is C30H13BF5NS2. The quantitative estimate of drug-likeness (QED) is 0.0953. The predicted molar refractivity (Wildman–Crippen MR) is 146 cm³/mol. The maximum Gasteiger partial charge on any atom is 0.252 e. The van der Waals surface area contributed by atoms with Crippen LogP contribution in [0.15, 0.2) is 98.4 Å². The Labute approximate surface area is 228 Å². The Hall–Kier alpha value is -3.69. The van der Waals surface area contributed by atoms with Gasteiger partial charge in [-0.05, 0) is 70.5 Å². The molecule has 0 saturated carbocycles. The van der Waals surface area contributed by atoms with E-state index in [1.807, 2.05) is 42.5 Å². The average Bonchev–Trinajstić information content (AvgIpc) is 2.95. The van der Waals surface area contributed by atoms with Gasteiger partial charge in [-0.15, -0.1) is 0 Å². The second-order valence-electron chi connectivity index (χ2n) is 9.52. The van der Waals surface area contributed by atoms with Crippen LogP contribution in [-0.2, 0) is 0 Å². The fourth-order valence-electron chi connectivity index (χ4n) is 5.93. The molecule has 0 atom stereocenters. The van der Waals surface area contributed by atoms with Gasteiger partial charge in [0.05, 0.1) is 5.56 Å². The first-order valence-electron chi connectivity index (χ1n) is 12.1. The summed E-state index contributed by atoms with van der Waals surface area (Å²) < 4.78 is 71.7. The highest BCUT2D eigenvalue weighted by Gasteiger charge is 2.45. The van der Waals surface area contributed by atoms with Crippen molar-refractivity contribution in [2.45, 2.75) is 19.6 Å². The van der Waals surface area contributed by atoms with Crippen LogP contribution in [0.1, 0.15) is 0 Å². The Kier molecular flexibility index (Phi) is 4.86. The van der Waals surface area contributed by atoms with Crippen molar-refractivity contribution >= 4 is 63.7 Å². The fourth-order valence-corrected chi connectivity index (χ4v) is 8.47. The minimum absolute atomic E-state index is 0.0440. The molecule has 0 amide bonds. The number of para-hydroxylation sites is 1. The van der Waals surface area contributed by atoms with Crippen molar-refractivity contribution in [1.29, 1.82) is 0 Å². The Morgan fingerprint density at radius 2 is 1.03 bits per heavy atom. The summed E-state index contributed by atoms with van der Waals surface area (Å²) in [5.74, 6) is -9.73. The number of anilines is 3. The zero-order valence-corrected chi connectivity index (χ0v) is 21.4. The van der Waals surface area contributed by atoms with Crippen molar-refractivity contribution < 1.29 is 22.0 Å². The van der Waals surface area contributed by atoms with Crippen molar-refractivity contribution in [1.82, 2.24) is 0 Å². The van der Waals surface area contributed by atoms with E-state index in [0.717, 1.165) is 53.0 Å². The molecule has 3 heterocycles. The van der Waals surface area contributed by atoms with Gasteiger partial charge in [-0.3, -0.25) is 0 Å². The molecule has 0 radical (unpaired) electrons. The first-order chi connectivity index (χ1) is 18.9. The summed E-state index contributed by atoms with van der Waals surface area (Å²) in [6, 6.07) is 25.4. The van der Waals surface area contributed by atoms with Gasteiger partial charge in [-0.2, -0.15) is 0 Å². The van der Waals surface area contributed by atoms with Gasteiger partial charge in [0, 0.05) is 36.6 Å². The fraction of sp³-hybridized carbons (Fsp3) is 0. The van der Waals surface area contributed by atoms with Crippen LogP contribution in [0.5, 0.6) is 0 Å². The van der Waals surface area contributed by atoms with E-state index in [1.165, 1.54) is 23.5 Å². The minimum atomic E-state index is -2.16. The summed E-state index contributed by atoms with van der Waals surface area (Å²) in [4.78, 5) is 5.70. The smallest absolute Gasteiger partial charge is 0.252 e. The second-order valence-corrected chi connectivity index (χ2v) is 11.7. The molecule has 8 rings (SSSR count). The van der Waals surface area contributed by atoms with Crippen molar-refractivity contribution in [3.63, 3.8) is 0 Å². The van der Waals surface area contributed by atoms with Gasteiger partial charge in [0.2, 0.25) is 5.82 Å². The highest BCUT2D eigenvalue weighted by Crippen LogP contribution is 2.48. The third-order valence-electron chi connectivity index (χ3n) is 7.49. The van der Waals surface area contributed by atoms with Crippen LogP contribution in [0.2, 0.25) is 0 Å². The summed E-state index contributed by atoms with van der Waals surface area (Å²) in [6.07, 6.45) is 0. The summed E-state index contributed by atoms with van der Waals surface area (Å²) >= 11 is 2.90. The first kappa shape index (κ1) is 23.2. The molecule has 0 aromatic heterocycles. The Morgan fingerprint density at radius 1 is 0.513 bits per heavy atom. The number of hydrogen-bond acceptors (Lipinski definition) is 3. The molecule has 3 aliphatic rings. The lowest BCUT2D eigenvalue weighted by Gasteiger charge is -2.43. The topological polar surface area (TPSA) is 3.24 Å². The molecule has 3 aliphatic heterocycles. The molecule has 0 saturated heterocycles. The average molecular weight is 557 g/mol. The van der Waals surface area contributed by atoms with E-state index in [2.05, 4.69) is 29.2 Å². The molecule has 1 nitrogen and oxygen atoms in total. The van der Waals surface area contributed by atoms with Gasteiger partial charge in [0.15, 0.2) is 23.3 Å². The molecule has 188 valence electrons. The SMILES string of the molecule is Fc1c(F)c(F)c(-c2cc3c4c(c2)Sc2cccc5c2B4c2c(cccc2N5c2ccccc2)S3)c(F)c1F. The van der Waals surface area contributed by atoms with Gasteiger partial charge in [0.25, 0.3) is 6.71 Å². The van der Waals surface area contributed by atoms with Crippen LogP contribution in [0.4, 0.5) is 39.0 Å². The molecule has 0 spiro atoms. The van der Waals surface area contributed by atoms with E-state index in [1.54, 1.807) is 12.1 Å². The van der Waals surface area contributed by atoms with Crippen molar-refractivity contribution in [3.8, 4) is 11.1 Å². The summed E-state index contributed by atoms with van der Waals surface area (Å²) in [5.41, 5.74) is 5.45. The molecule has 0 aliphatic carbocycles. The van der Waals surface area contributed by atoms with Crippen LogP contribution in [-0.4, -0.2) is 6.71 Å². The van der Waals surface area contributed by atoms with Crippen molar-refractivity contribution in [2.24, 2.45) is 0 Å². The lowest BCUT2D eigenvalue weighted by molar-refractivity contribution is 0.381. The number of hydrogen-bond donors (Lipinski definition) is 0. The number of rotatable bonds is 2. The van der Waals surface area contributed by atoms with Gasteiger partial charge >= 0.3 is 0 Å². The van der Waals surface area contributed by atoms with Crippen LogP contribution in [0, 0.1) is 29.1 Å². The molecule has 0 unspecified atom stereocenters. The number of nitrogens with zero attached hydrogens (tertiary/aromatic N) is 1. The second kappa shape index (κ2) is 8.16. The summed E-state index contributed by atoms with van der Waals surface area (Å²) in [5, 5.41) is 0. The summed E-state index contributed by atoms with van der Waals surface area (Å²) in [7, 11) is 0. The first-order valence-corrected chi connectivity index (χ1v) is 13.7. The third-order valence-corrected chi connectivity index (χ3v) is 9.76. The van der Waals surface area contributed by atoms with Crippen molar-refractivity contribution in [2.75, 3.05) is 4.90 Å². The van der Waals surface area contributed by atoms with Gasteiger partial charge in [-0.25, -0.2) is 22.0 Å². The highest BCUT2D eigenvalue weighted by molar-refractivity contribution is 8.01. The third kappa shape index (κ3) is 3.05. The lowest BCUT2D eigenvalue weighted by atomic mass is 9.34. The molecule has 5 aromatic carbocycles.